The predicted molar refractivity (Wildman–Crippen MR) is 115 cm³/mol. The SMILES string of the molecule is CCOCc1c(C(=O)OCC(=O)NCC23CC4CC(CC(C4)C2)C3)oc2ccccc12. The molecule has 6 heteroatoms. The topological polar surface area (TPSA) is 77.8 Å². The number of benzene rings is 1. The third-order valence-corrected chi connectivity index (χ3v) is 7.49. The fraction of sp³-hybridized carbons (Fsp3) is 0.600. The number of carbonyl (C=O) groups excluding carboxylic acids is 2. The molecular weight excluding hydrogens is 394 g/mol. The van der Waals surface area contributed by atoms with Crippen molar-refractivity contribution in [2.45, 2.75) is 52.1 Å². The van der Waals surface area contributed by atoms with Crippen molar-refractivity contribution in [1.82, 2.24) is 5.32 Å². The number of amides is 1. The highest BCUT2D eigenvalue weighted by molar-refractivity contribution is 5.96. The Morgan fingerprint density at radius 3 is 2.45 bits per heavy atom. The van der Waals surface area contributed by atoms with Crippen LogP contribution in [0.2, 0.25) is 0 Å². The Balaban J connectivity index is 1.19. The van der Waals surface area contributed by atoms with Gasteiger partial charge in [-0.25, -0.2) is 4.79 Å². The molecule has 1 aromatic carbocycles. The van der Waals surface area contributed by atoms with Crippen molar-refractivity contribution in [3.8, 4) is 0 Å². The summed E-state index contributed by atoms with van der Waals surface area (Å²) in [6.07, 6.45) is 7.85. The Hall–Kier alpha value is -2.34. The van der Waals surface area contributed by atoms with Gasteiger partial charge in [0, 0.05) is 24.1 Å². The molecular formula is C25H31NO5. The average Bonchev–Trinajstić information content (AvgIpc) is 3.12. The average molecular weight is 426 g/mol. The number of esters is 1. The largest absolute Gasteiger partial charge is 0.450 e. The van der Waals surface area contributed by atoms with Crippen LogP contribution >= 0.6 is 0 Å². The van der Waals surface area contributed by atoms with E-state index in [2.05, 4.69) is 5.32 Å². The lowest BCUT2D eigenvalue weighted by Gasteiger charge is -2.56. The van der Waals surface area contributed by atoms with Crippen molar-refractivity contribution in [2.75, 3.05) is 19.8 Å². The summed E-state index contributed by atoms with van der Waals surface area (Å²) < 4.78 is 16.6. The monoisotopic (exact) mass is 425 g/mol. The van der Waals surface area contributed by atoms with Gasteiger partial charge in [-0.15, -0.1) is 0 Å². The normalized spacial score (nSPS) is 28.7. The molecule has 6 nitrogen and oxygen atoms in total. The molecule has 4 fully saturated rings. The molecule has 166 valence electrons. The van der Waals surface area contributed by atoms with E-state index in [0.717, 1.165) is 23.1 Å². The summed E-state index contributed by atoms with van der Waals surface area (Å²) in [6, 6.07) is 7.44. The Labute approximate surface area is 182 Å². The molecule has 4 aliphatic carbocycles. The molecule has 0 saturated heterocycles. The second-order valence-corrected chi connectivity index (χ2v) is 9.81. The maximum Gasteiger partial charge on any atom is 0.375 e. The van der Waals surface area contributed by atoms with Gasteiger partial charge in [0.25, 0.3) is 5.91 Å². The maximum absolute atomic E-state index is 12.7. The van der Waals surface area contributed by atoms with Crippen LogP contribution < -0.4 is 5.32 Å². The number of rotatable bonds is 8. The van der Waals surface area contributed by atoms with E-state index in [4.69, 9.17) is 13.9 Å². The van der Waals surface area contributed by atoms with Crippen LogP contribution in [0, 0.1) is 23.2 Å². The smallest absolute Gasteiger partial charge is 0.375 e. The molecule has 0 spiro atoms. The Morgan fingerprint density at radius 1 is 1.10 bits per heavy atom. The summed E-state index contributed by atoms with van der Waals surface area (Å²) in [6.45, 7) is 3.09. The van der Waals surface area contributed by atoms with Crippen LogP contribution in [0.5, 0.6) is 0 Å². The molecule has 1 aromatic heterocycles. The third kappa shape index (κ3) is 4.10. The van der Waals surface area contributed by atoms with Gasteiger partial charge in [-0.1, -0.05) is 18.2 Å². The highest BCUT2D eigenvalue weighted by atomic mass is 16.5. The zero-order valence-corrected chi connectivity index (χ0v) is 18.2. The van der Waals surface area contributed by atoms with Gasteiger partial charge in [0.15, 0.2) is 6.61 Å². The number of carbonyl (C=O) groups is 2. The number of ether oxygens (including phenoxy) is 2. The molecule has 0 unspecified atom stereocenters. The molecule has 1 heterocycles. The number of furan rings is 1. The van der Waals surface area contributed by atoms with Crippen LogP contribution in [0.4, 0.5) is 0 Å². The second-order valence-electron chi connectivity index (χ2n) is 9.81. The molecule has 4 saturated carbocycles. The van der Waals surface area contributed by atoms with Crippen LogP contribution in [0.25, 0.3) is 11.0 Å². The summed E-state index contributed by atoms with van der Waals surface area (Å²) in [7, 11) is 0. The van der Waals surface area contributed by atoms with Crippen molar-refractivity contribution in [3.63, 3.8) is 0 Å². The molecule has 0 atom stereocenters. The fourth-order valence-electron chi connectivity index (χ4n) is 6.65. The van der Waals surface area contributed by atoms with Gasteiger partial charge in [-0.2, -0.15) is 0 Å². The van der Waals surface area contributed by atoms with E-state index in [1.165, 1.54) is 38.5 Å². The predicted octanol–water partition coefficient (Wildman–Crippen LogP) is 4.46. The maximum atomic E-state index is 12.7. The third-order valence-electron chi connectivity index (χ3n) is 7.49. The van der Waals surface area contributed by atoms with Gasteiger partial charge in [0.1, 0.15) is 5.58 Å². The molecule has 4 aliphatic rings. The molecule has 1 amide bonds. The van der Waals surface area contributed by atoms with Crippen molar-refractivity contribution < 1.29 is 23.5 Å². The van der Waals surface area contributed by atoms with Crippen molar-refractivity contribution in [3.05, 3.63) is 35.6 Å². The molecule has 0 radical (unpaired) electrons. The summed E-state index contributed by atoms with van der Waals surface area (Å²) in [5.74, 6) is 1.78. The van der Waals surface area contributed by atoms with Crippen LogP contribution in [-0.4, -0.2) is 31.6 Å². The van der Waals surface area contributed by atoms with Crippen molar-refractivity contribution in [1.29, 1.82) is 0 Å². The van der Waals surface area contributed by atoms with E-state index in [1.807, 2.05) is 25.1 Å². The molecule has 0 aliphatic heterocycles. The van der Waals surface area contributed by atoms with Crippen molar-refractivity contribution >= 4 is 22.8 Å². The lowest BCUT2D eigenvalue weighted by atomic mass is 9.49. The standard InChI is InChI=1S/C25H31NO5/c1-2-29-13-20-19-5-3-4-6-21(19)31-23(20)24(28)30-14-22(27)26-15-25-10-16-7-17(11-25)9-18(8-16)12-25/h3-6,16-18H,2,7-15H2,1H3,(H,26,27). The highest BCUT2D eigenvalue weighted by Crippen LogP contribution is 2.59. The molecule has 4 bridgehead atoms. The number of hydrogen-bond acceptors (Lipinski definition) is 5. The van der Waals surface area contributed by atoms with Crippen LogP contribution in [0.15, 0.2) is 28.7 Å². The first-order valence-electron chi connectivity index (χ1n) is 11.6. The second kappa shape index (κ2) is 8.30. The van der Waals surface area contributed by atoms with Crippen LogP contribution in [0.3, 0.4) is 0 Å². The van der Waals surface area contributed by atoms with Crippen molar-refractivity contribution in [2.24, 2.45) is 23.2 Å². The Kier molecular flexibility index (Phi) is 5.51. The lowest BCUT2D eigenvalue weighted by Crippen LogP contribution is -2.51. The van der Waals surface area contributed by atoms with Gasteiger partial charge in [0.05, 0.1) is 6.61 Å². The lowest BCUT2D eigenvalue weighted by molar-refractivity contribution is -0.126. The first-order valence-corrected chi connectivity index (χ1v) is 11.6. The number of hydrogen-bond donors (Lipinski definition) is 1. The van der Waals surface area contributed by atoms with E-state index in [-0.39, 0.29) is 30.3 Å². The Morgan fingerprint density at radius 2 is 1.77 bits per heavy atom. The van der Waals surface area contributed by atoms with Gasteiger partial charge in [0.2, 0.25) is 5.76 Å². The van der Waals surface area contributed by atoms with E-state index < -0.39 is 5.97 Å². The van der Waals surface area contributed by atoms with Gasteiger partial charge >= 0.3 is 5.97 Å². The number of fused-ring (bicyclic) bond motifs is 1. The zero-order valence-electron chi connectivity index (χ0n) is 18.2. The van der Waals surface area contributed by atoms with E-state index in [0.29, 0.717) is 24.3 Å². The number of nitrogens with one attached hydrogen (secondary N) is 1. The minimum Gasteiger partial charge on any atom is -0.450 e. The summed E-state index contributed by atoms with van der Waals surface area (Å²) >= 11 is 0. The van der Waals surface area contributed by atoms with Gasteiger partial charge in [-0.05, 0) is 74.7 Å². The molecule has 1 N–H and O–H groups in total. The molecule has 2 aromatic rings. The van der Waals surface area contributed by atoms with E-state index >= 15 is 0 Å². The Bertz CT molecular complexity index is 942. The van der Waals surface area contributed by atoms with Gasteiger partial charge in [-0.3, -0.25) is 4.79 Å². The minimum atomic E-state index is -0.629. The van der Waals surface area contributed by atoms with E-state index in [1.54, 1.807) is 6.07 Å². The van der Waals surface area contributed by atoms with Gasteiger partial charge < -0.3 is 19.2 Å². The zero-order chi connectivity index (χ0) is 21.4. The quantitative estimate of drug-likeness (QED) is 0.632. The summed E-state index contributed by atoms with van der Waals surface area (Å²) in [5.41, 5.74) is 1.53. The first-order chi connectivity index (χ1) is 15.0. The highest BCUT2D eigenvalue weighted by Gasteiger charge is 2.50. The summed E-state index contributed by atoms with van der Waals surface area (Å²) in [4.78, 5) is 25.1. The van der Waals surface area contributed by atoms with Crippen LogP contribution in [0.1, 0.15) is 61.6 Å². The first kappa shape index (κ1) is 20.6. The molecule has 31 heavy (non-hydrogen) atoms. The molecule has 6 rings (SSSR count). The fourth-order valence-corrected chi connectivity index (χ4v) is 6.65. The minimum absolute atomic E-state index is 0.114. The summed E-state index contributed by atoms with van der Waals surface area (Å²) in [5, 5.41) is 3.88. The number of para-hydroxylation sites is 1. The van der Waals surface area contributed by atoms with Crippen LogP contribution in [-0.2, 0) is 20.9 Å². The van der Waals surface area contributed by atoms with E-state index in [9.17, 15) is 9.59 Å².